The SMILES string of the molecule is COc1ccc(NC(=O)c2nnn(-c3ccc(OC)cc3)c2CSc2ncccn2)cc1. The zero-order valence-electron chi connectivity index (χ0n) is 17.4. The molecule has 0 atom stereocenters. The molecule has 2 heterocycles. The third-order valence-corrected chi connectivity index (χ3v) is 5.41. The molecular formula is C22H20N6O3S. The number of aromatic nitrogens is 5. The van der Waals surface area contributed by atoms with E-state index in [2.05, 4.69) is 25.6 Å². The van der Waals surface area contributed by atoms with Gasteiger partial charge in [-0.25, -0.2) is 14.6 Å². The predicted octanol–water partition coefficient (Wildman–Crippen LogP) is 3.62. The largest absolute Gasteiger partial charge is 0.497 e. The van der Waals surface area contributed by atoms with Gasteiger partial charge in [0.25, 0.3) is 5.91 Å². The Morgan fingerprint density at radius 3 is 2.22 bits per heavy atom. The van der Waals surface area contributed by atoms with E-state index in [0.717, 1.165) is 11.4 Å². The molecule has 9 nitrogen and oxygen atoms in total. The summed E-state index contributed by atoms with van der Waals surface area (Å²) in [6.45, 7) is 0. The number of anilines is 1. The lowest BCUT2D eigenvalue weighted by Crippen LogP contribution is -2.15. The molecule has 0 aliphatic carbocycles. The highest BCUT2D eigenvalue weighted by atomic mass is 32.2. The first kappa shape index (κ1) is 21.3. The van der Waals surface area contributed by atoms with E-state index in [-0.39, 0.29) is 11.6 Å². The van der Waals surface area contributed by atoms with E-state index in [1.807, 2.05) is 24.3 Å². The summed E-state index contributed by atoms with van der Waals surface area (Å²) in [5, 5.41) is 11.9. The van der Waals surface area contributed by atoms with Crippen molar-refractivity contribution in [3.8, 4) is 17.2 Å². The van der Waals surface area contributed by atoms with Gasteiger partial charge in [-0.15, -0.1) is 5.10 Å². The van der Waals surface area contributed by atoms with Crippen LogP contribution in [0, 0.1) is 0 Å². The van der Waals surface area contributed by atoms with Crippen molar-refractivity contribution >= 4 is 23.4 Å². The maximum atomic E-state index is 13.0. The number of methoxy groups -OCH3 is 2. The minimum Gasteiger partial charge on any atom is -0.497 e. The Hall–Kier alpha value is -3.92. The Morgan fingerprint density at radius 2 is 1.59 bits per heavy atom. The minimum absolute atomic E-state index is 0.222. The fourth-order valence-electron chi connectivity index (χ4n) is 2.90. The van der Waals surface area contributed by atoms with E-state index in [1.165, 1.54) is 11.8 Å². The van der Waals surface area contributed by atoms with Crippen molar-refractivity contribution in [3.05, 3.63) is 78.4 Å². The summed E-state index contributed by atoms with van der Waals surface area (Å²) < 4.78 is 12.0. The number of hydrogen-bond donors (Lipinski definition) is 1. The lowest BCUT2D eigenvalue weighted by atomic mass is 10.2. The van der Waals surface area contributed by atoms with Crippen LogP contribution in [0.4, 0.5) is 5.69 Å². The molecule has 10 heteroatoms. The zero-order chi connectivity index (χ0) is 22.3. The average Bonchev–Trinajstić information content (AvgIpc) is 3.28. The fourth-order valence-corrected chi connectivity index (χ4v) is 3.69. The standard InChI is InChI=1S/C22H20N6O3S/c1-30-17-8-4-15(5-9-17)25-21(29)20-19(14-32-22-23-12-3-13-24-22)28(27-26-20)16-6-10-18(31-2)11-7-16/h3-13H,14H2,1-2H3,(H,25,29). The second kappa shape index (κ2) is 9.92. The first-order chi connectivity index (χ1) is 15.7. The summed E-state index contributed by atoms with van der Waals surface area (Å²) in [6, 6.07) is 16.2. The predicted molar refractivity (Wildman–Crippen MR) is 120 cm³/mol. The normalized spacial score (nSPS) is 10.6. The van der Waals surface area contributed by atoms with E-state index in [1.54, 1.807) is 61.6 Å². The van der Waals surface area contributed by atoms with Gasteiger partial charge in [-0.2, -0.15) is 0 Å². The highest BCUT2D eigenvalue weighted by molar-refractivity contribution is 7.98. The van der Waals surface area contributed by atoms with Gasteiger partial charge in [0.15, 0.2) is 10.9 Å². The molecule has 0 fully saturated rings. The van der Waals surface area contributed by atoms with Gasteiger partial charge in [0.2, 0.25) is 0 Å². The molecule has 32 heavy (non-hydrogen) atoms. The zero-order valence-corrected chi connectivity index (χ0v) is 18.2. The summed E-state index contributed by atoms with van der Waals surface area (Å²) in [7, 11) is 3.19. The first-order valence-corrected chi connectivity index (χ1v) is 10.6. The van der Waals surface area contributed by atoms with Crippen molar-refractivity contribution < 1.29 is 14.3 Å². The Kier molecular flexibility index (Phi) is 6.61. The monoisotopic (exact) mass is 448 g/mol. The Labute approximate surface area is 188 Å². The van der Waals surface area contributed by atoms with Crippen molar-refractivity contribution in [1.82, 2.24) is 25.0 Å². The van der Waals surface area contributed by atoms with E-state index in [0.29, 0.717) is 28.0 Å². The van der Waals surface area contributed by atoms with E-state index in [4.69, 9.17) is 9.47 Å². The average molecular weight is 449 g/mol. The number of benzene rings is 2. The summed E-state index contributed by atoms with van der Waals surface area (Å²) in [4.78, 5) is 21.5. The van der Waals surface area contributed by atoms with Crippen LogP contribution in [0.5, 0.6) is 11.5 Å². The van der Waals surface area contributed by atoms with Gasteiger partial charge in [0, 0.05) is 23.8 Å². The first-order valence-electron chi connectivity index (χ1n) is 9.62. The van der Waals surface area contributed by atoms with E-state index < -0.39 is 0 Å². The molecule has 1 N–H and O–H groups in total. The van der Waals surface area contributed by atoms with Gasteiger partial charge >= 0.3 is 0 Å². The Morgan fingerprint density at radius 1 is 0.969 bits per heavy atom. The van der Waals surface area contributed by atoms with Crippen molar-refractivity contribution in [1.29, 1.82) is 0 Å². The van der Waals surface area contributed by atoms with Crippen LogP contribution in [0.15, 0.2) is 72.1 Å². The maximum Gasteiger partial charge on any atom is 0.278 e. The molecule has 0 aliphatic heterocycles. The summed E-state index contributed by atoms with van der Waals surface area (Å²) >= 11 is 1.39. The van der Waals surface area contributed by atoms with Gasteiger partial charge in [-0.3, -0.25) is 4.79 Å². The third kappa shape index (κ3) is 4.86. The molecule has 4 rings (SSSR count). The second-order valence-electron chi connectivity index (χ2n) is 6.50. The Bertz CT molecular complexity index is 1180. The molecule has 0 saturated carbocycles. The van der Waals surface area contributed by atoms with Crippen LogP contribution in [-0.4, -0.2) is 45.1 Å². The highest BCUT2D eigenvalue weighted by Crippen LogP contribution is 2.24. The number of carbonyl (C=O) groups is 1. The van der Waals surface area contributed by atoms with E-state index in [9.17, 15) is 4.79 Å². The molecule has 0 radical (unpaired) electrons. The molecule has 0 aliphatic rings. The van der Waals surface area contributed by atoms with Crippen LogP contribution >= 0.6 is 11.8 Å². The smallest absolute Gasteiger partial charge is 0.278 e. The number of nitrogens with one attached hydrogen (secondary N) is 1. The number of carbonyl (C=O) groups excluding carboxylic acids is 1. The lowest BCUT2D eigenvalue weighted by molar-refractivity contribution is 0.102. The quantitative estimate of drug-likeness (QED) is 0.322. The van der Waals surface area contributed by atoms with Crippen LogP contribution in [-0.2, 0) is 5.75 Å². The van der Waals surface area contributed by atoms with Crippen molar-refractivity contribution in [2.75, 3.05) is 19.5 Å². The molecule has 162 valence electrons. The van der Waals surface area contributed by atoms with E-state index >= 15 is 0 Å². The molecule has 2 aromatic heterocycles. The summed E-state index contributed by atoms with van der Waals surface area (Å²) in [6.07, 6.45) is 3.34. The number of rotatable bonds is 8. The number of nitrogens with zero attached hydrogens (tertiary/aromatic N) is 5. The molecule has 0 bridgehead atoms. The number of hydrogen-bond acceptors (Lipinski definition) is 8. The lowest BCUT2D eigenvalue weighted by Gasteiger charge is -2.09. The topological polar surface area (TPSA) is 104 Å². The summed E-state index contributed by atoms with van der Waals surface area (Å²) in [5.74, 6) is 1.46. The Balaban J connectivity index is 1.63. The molecule has 0 spiro atoms. The molecule has 4 aromatic rings. The van der Waals surface area contributed by atoms with Gasteiger partial charge in [-0.05, 0) is 54.6 Å². The van der Waals surface area contributed by atoms with Gasteiger partial charge < -0.3 is 14.8 Å². The molecule has 0 saturated heterocycles. The minimum atomic E-state index is -0.362. The highest BCUT2D eigenvalue weighted by Gasteiger charge is 2.21. The number of ether oxygens (including phenoxy) is 2. The van der Waals surface area contributed by atoms with Gasteiger partial charge in [0.05, 0.1) is 25.6 Å². The molecule has 2 aromatic carbocycles. The molecule has 0 unspecified atom stereocenters. The van der Waals surface area contributed by atoms with Crippen molar-refractivity contribution in [3.63, 3.8) is 0 Å². The fraction of sp³-hybridized carbons (Fsp3) is 0.136. The van der Waals surface area contributed by atoms with Crippen molar-refractivity contribution in [2.45, 2.75) is 10.9 Å². The number of amides is 1. The van der Waals surface area contributed by atoms with Gasteiger partial charge in [0.1, 0.15) is 11.5 Å². The van der Waals surface area contributed by atoms with Crippen LogP contribution in [0.25, 0.3) is 5.69 Å². The third-order valence-electron chi connectivity index (χ3n) is 4.52. The second-order valence-corrected chi connectivity index (χ2v) is 7.44. The maximum absolute atomic E-state index is 13.0. The van der Waals surface area contributed by atoms with Crippen molar-refractivity contribution in [2.24, 2.45) is 0 Å². The van der Waals surface area contributed by atoms with Crippen LogP contribution in [0.2, 0.25) is 0 Å². The van der Waals surface area contributed by atoms with Crippen LogP contribution < -0.4 is 14.8 Å². The molecular weight excluding hydrogens is 428 g/mol. The molecule has 1 amide bonds. The number of thioether (sulfide) groups is 1. The summed E-state index contributed by atoms with van der Waals surface area (Å²) in [5.41, 5.74) is 2.23. The van der Waals surface area contributed by atoms with Crippen LogP contribution in [0.3, 0.4) is 0 Å². The van der Waals surface area contributed by atoms with Crippen LogP contribution in [0.1, 0.15) is 16.2 Å². The van der Waals surface area contributed by atoms with Gasteiger partial charge in [-0.1, -0.05) is 17.0 Å².